The smallest absolute Gasteiger partial charge is 0.321 e. The van der Waals surface area contributed by atoms with E-state index in [-0.39, 0.29) is 11.9 Å². The SMILES string of the molecule is Cc1ccc(NC(=O)N2CCC[C@](C)(C(=O)NCc3ccccc3C)C2)c(Cl)c1. The highest BCUT2D eigenvalue weighted by molar-refractivity contribution is 6.33. The van der Waals surface area contributed by atoms with Crippen LogP contribution in [0.1, 0.15) is 36.5 Å². The number of hydrogen-bond acceptors (Lipinski definition) is 2. The summed E-state index contributed by atoms with van der Waals surface area (Å²) in [5.74, 6) is -0.0216. The number of carbonyl (C=O) groups excluding carboxylic acids is 2. The Labute approximate surface area is 177 Å². The number of likely N-dealkylation sites (tertiary alicyclic amines) is 1. The van der Waals surface area contributed by atoms with Gasteiger partial charge in [0.1, 0.15) is 0 Å². The molecular weight excluding hydrogens is 386 g/mol. The molecular formula is C23H28ClN3O2. The Kier molecular flexibility index (Phi) is 6.48. The molecule has 1 aliphatic heterocycles. The van der Waals surface area contributed by atoms with Crippen LogP contribution in [0.15, 0.2) is 42.5 Å². The number of aryl methyl sites for hydroxylation is 2. The van der Waals surface area contributed by atoms with Crippen LogP contribution in [0.4, 0.5) is 10.5 Å². The van der Waals surface area contributed by atoms with Crippen LogP contribution in [0.25, 0.3) is 0 Å². The number of halogens is 1. The second-order valence-electron chi connectivity index (χ2n) is 8.11. The molecule has 3 amide bonds. The molecule has 0 spiro atoms. The minimum Gasteiger partial charge on any atom is -0.351 e. The van der Waals surface area contributed by atoms with Crippen molar-refractivity contribution >= 4 is 29.2 Å². The van der Waals surface area contributed by atoms with E-state index in [1.807, 2.05) is 57.2 Å². The highest BCUT2D eigenvalue weighted by Gasteiger charge is 2.39. The van der Waals surface area contributed by atoms with Crippen LogP contribution in [-0.2, 0) is 11.3 Å². The average Bonchev–Trinajstić information content (AvgIpc) is 2.69. The summed E-state index contributed by atoms with van der Waals surface area (Å²) in [6.07, 6.45) is 1.53. The lowest BCUT2D eigenvalue weighted by Gasteiger charge is -2.39. The fourth-order valence-corrected chi connectivity index (χ4v) is 3.99. The average molecular weight is 414 g/mol. The number of amides is 3. The molecule has 154 valence electrons. The van der Waals surface area contributed by atoms with Crippen molar-refractivity contribution in [3.8, 4) is 0 Å². The Bertz CT molecular complexity index is 915. The van der Waals surface area contributed by atoms with Crippen molar-refractivity contribution in [2.45, 2.75) is 40.2 Å². The number of piperidine rings is 1. The second-order valence-corrected chi connectivity index (χ2v) is 8.52. The van der Waals surface area contributed by atoms with Gasteiger partial charge in [0.05, 0.1) is 16.1 Å². The molecule has 2 aromatic carbocycles. The summed E-state index contributed by atoms with van der Waals surface area (Å²) in [6.45, 7) is 7.40. The molecule has 1 atom stereocenters. The third-order valence-electron chi connectivity index (χ3n) is 5.60. The molecule has 5 nitrogen and oxygen atoms in total. The van der Waals surface area contributed by atoms with Crippen LogP contribution in [0.2, 0.25) is 5.02 Å². The van der Waals surface area contributed by atoms with Crippen LogP contribution in [0.3, 0.4) is 0 Å². The van der Waals surface area contributed by atoms with Crippen molar-refractivity contribution in [2.75, 3.05) is 18.4 Å². The maximum atomic E-state index is 12.9. The van der Waals surface area contributed by atoms with Gasteiger partial charge >= 0.3 is 6.03 Å². The fraction of sp³-hybridized carbons (Fsp3) is 0.391. The quantitative estimate of drug-likeness (QED) is 0.748. The predicted molar refractivity (Wildman–Crippen MR) is 117 cm³/mol. The van der Waals surface area contributed by atoms with E-state index in [2.05, 4.69) is 10.6 Å². The standard InChI is InChI=1S/C23H28ClN3O2/c1-16-9-10-20(19(24)13-16)26-22(29)27-12-6-11-23(3,15-27)21(28)25-14-18-8-5-4-7-17(18)2/h4-5,7-10,13H,6,11-12,14-15H2,1-3H3,(H,25,28)(H,26,29)/t23-/m0/s1. The van der Waals surface area contributed by atoms with Gasteiger partial charge in [0.15, 0.2) is 0 Å². The van der Waals surface area contributed by atoms with Gasteiger partial charge in [-0.15, -0.1) is 0 Å². The maximum absolute atomic E-state index is 12.9. The van der Waals surface area contributed by atoms with Crippen molar-refractivity contribution in [1.82, 2.24) is 10.2 Å². The van der Waals surface area contributed by atoms with Crippen LogP contribution >= 0.6 is 11.6 Å². The highest BCUT2D eigenvalue weighted by Crippen LogP contribution is 2.31. The molecule has 0 aliphatic carbocycles. The van der Waals surface area contributed by atoms with Gasteiger partial charge in [0, 0.05) is 19.6 Å². The molecule has 0 aromatic heterocycles. The van der Waals surface area contributed by atoms with Crippen molar-refractivity contribution in [2.24, 2.45) is 5.41 Å². The number of nitrogens with zero attached hydrogens (tertiary/aromatic N) is 1. The highest BCUT2D eigenvalue weighted by atomic mass is 35.5. The zero-order valence-corrected chi connectivity index (χ0v) is 18.0. The van der Waals surface area contributed by atoms with Crippen LogP contribution in [-0.4, -0.2) is 29.9 Å². The lowest BCUT2D eigenvalue weighted by atomic mass is 9.81. The third-order valence-corrected chi connectivity index (χ3v) is 5.91. The van der Waals surface area contributed by atoms with E-state index in [0.29, 0.717) is 30.3 Å². The van der Waals surface area contributed by atoms with Gasteiger partial charge in [-0.05, 0) is 62.4 Å². The van der Waals surface area contributed by atoms with Gasteiger partial charge < -0.3 is 15.5 Å². The first-order chi connectivity index (χ1) is 13.8. The summed E-state index contributed by atoms with van der Waals surface area (Å²) in [6, 6.07) is 13.3. The van der Waals surface area contributed by atoms with Gasteiger partial charge in [-0.1, -0.05) is 41.9 Å². The Hall–Kier alpha value is -2.53. The fourth-order valence-electron chi connectivity index (χ4n) is 3.71. The lowest BCUT2D eigenvalue weighted by Crippen LogP contribution is -2.52. The molecule has 0 saturated carbocycles. The van der Waals surface area contributed by atoms with Gasteiger partial charge in [0.25, 0.3) is 0 Å². The van der Waals surface area contributed by atoms with Crippen molar-refractivity contribution in [3.05, 3.63) is 64.2 Å². The zero-order chi connectivity index (χ0) is 21.0. The third kappa shape index (κ3) is 5.10. The molecule has 3 rings (SSSR count). The first kappa shape index (κ1) is 21.2. The second kappa shape index (κ2) is 8.87. The largest absolute Gasteiger partial charge is 0.351 e. The molecule has 0 unspecified atom stereocenters. The van der Waals surface area contributed by atoms with E-state index >= 15 is 0 Å². The molecule has 2 N–H and O–H groups in total. The van der Waals surface area contributed by atoms with E-state index < -0.39 is 5.41 Å². The first-order valence-corrected chi connectivity index (χ1v) is 10.3. The number of rotatable bonds is 4. The summed E-state index contributed by atoms with van der Waals surface area (Å²) < 4.78 is 0. The van der Waals surface area contributed by atoms with E-state index in [0.717, 1.165) is 29.5 Å². The molecule has 1 fully saturated rings. The molecule has 1 aliphatic rings. The summed E-state index contributed by atoms with van der Waals surface area (Å²) in [5, 5.41) is 6.44. The van der Waals surface area contributed by atoms with Gasteiger partial charge in [-0.3, -0.25) is 4.79 Å². The summed E-state index contributed by atoms with van der Waals surface area (Å²) in [7, 11) is 0. The minimum atomic E-state index is -0.616. The van der Waals surface area contributed by atoms with E-state index in [1.54, 1.807) is 11.0 Å². The molecule has 2 aromatic rings. The Morgan fingerprint density at radius 2 is 1.93 bits per heavy atom. The van der Waals surface area contributed by atoms with Crippen LogP contribution in [0, 0.1) is 19.3 Å². The Morgan fingerprint density at radius 1 is 1.17 bits per heavy atom. The molecule has 0 bridgehead atoms. The first-order valence-electron chi connectivity index (χ1n) is 9.93. The topological polar surface area (TPSA) is 61.4 Å². The van der Waals surface area contributed by atoms with Crippen molar-refractivity contribution in [1.29, 1.82) is 0 Å². The lowest BCUT2D eigenvalue weighted by molar-refractivity contribution is -0.132. The minimum absolute atomic E-state index is 0.0216. The van der Waals surface area contributed by atoms with E-state index in [1.165, 1.54) is 0 Å². The van der Waals surface area contributed by atoms with Crippen molar-refractivity contribution < 1.29 is 9.59 Å². The van der Waals surface area contributed by atoms with Crippen LogP contribution < -0.4 is 10.6 Å². The number of nitrogens with one attached hydrogen (secondary N) is 2. The van der Waals surface area contributed by atoms with Gasteiger partial charge in [-0.2, -0.15) is 0 Å². The molecule has 1 heterocycles. The molecule has 29 heavy (non-hydrogen) atoms. The predicted octanol–water partition coefficient (Wildman–Crippen LogP) is 4.91. The van der Waals surface area contributed by atoms with Gasteiger partial charge in [0.2, 0.25) is 5.91 Å². The Balaban J connectivity index is 1.62. The summed E-state index contributed by atoms with van der Waals surface area (Å²) in [5.41, 5.74) is 3.25. The van der Waals surface area contributed by atoms with E-state index in [4.69, 9.17) is 11.6 Å². The summed E-state index contributed by atoms with van der Waals surface area (Å²) >= 11 is 6.23. The van der Waals surface area contributed by atoms with Gasteiger partial charge in [-0.25, -0.2) is 4.79 Å². The monoisotopic (exact) mass is 413 g/mol. The number of hydrogen-bond donors (Lipinski definition) is 2. The zero-order valence-electron chi connectivity index (χ0n) is 17.2. The van der Waals surface area contributed by atoms with Crippen molar-refractivity contribution in [3.63, 3.8) is 0 Å². The maximum Gasteiger partial charge on any atom is 0.321 e. The number of anilines is 1. The van der Waals surface area contributed by atoms with E-state index in [9.17, 15) is 9.59 Å². The number of benzene rings is 2. The number of urea groups is 1. The molecule has 0 radical (unpaired) electrons. The molecule has 6 heteroatoms. The molecule has 1 saturated heterocycles. The van der Waals surface area contributed by atoms with Crippen LogP contribution in [0.5, 0.6) is 0 Å². The number of carbonyl (C=O) groups is 2. The summed E-state index contributed by atoms with van der Waals surface area (Å²) in [4.78, 5) is 27.4. The normalized spacial score (nSPS) is 19.0. The Morgan fingerprint density at radius 3 is 2.66 bits per heavy atom.